The van der Waals surface area contributed by atoms with Crippen LogP contribution in [0.1, 0.15) is 12.5 Å². The van der Waals surface area contributed by atoms with Gasteiger partial charge in [0.15, 0.2) is 0 Å². The number of hydrogen-bond acceptors (Lipinski definition) is 2. The van der Waals surface area contributed by atoms with Crippen LogP contribution in [-0.4, -0.2) is 16.2 Å². The summed E-state index contributed by atoms with van der Waals surface area (Å²) in [6.45, 7) is 1.60. The molecule has 0 amide bonds. The molecule has 0 saturated heterocycles. The zero-order valence-electron chi connectivity index (χ0n) is 7.95. The van der Waals surface area contributed by atoms with Crippen LogP contribution in [-0.2, 0) is 11.0 Å². The van der Waals surface area contributed by atoms with Crippen LogP contribution < -0.4 is 5.73 Å². The summed E-state index contributed by atoms with van der Waals surface area (Å²) in [7, 11) is -1.33. The monoisotopic (exact) mass is 214 g/mol. The van der Waals surface area contributed by atoms with E-state index in [2.05, 4.69) is 4.40 Å². The second-order valence-electron chi connectivity index (χ2n) is 2.84. The van der Waals surface area contributed by atoms with Crippen LogP contribution in [0, 0.1) is 5.82 Å². The van der Waals surface area contributed by atoms with Crippen molar-refractivity contribution >= 4 is 22.4 Å². The topological polar surface area (TPSA) is 55.5 Å². The predicted octanol–water partition coefficient (Wildman–Crippen LogP) is 1.51. The molecular weight excluding hydrogens is 203 g/mol. The maximum absolute atomic E-state index is 13.2. The molecule has 0 spiro atoms. The molecule has 0 radical (unpaired) electrons. The Morgan fingerprint density at radius 3 is 2.79 bits per heavy atom. The van der Waals surface area contributed by atoms with Crippen molar-refractivity contribution in [2.75, 3.05) is 12.0 Å². The Hall–Kier alpha value is -1.23. The summed E-state index contributed by atoms with van der Waals surface area (Å²) in [6.07, 6.45) is 1.42. The first kappa shape index (κ1) is 10.8. The van der Waals surface area contributed by atoms with Crippen LogP contribution >= 0.6 is 0 Å². The Morgan fingerprint density at radius 1 is 1.57 bits per heavy atom. The van der Waals surface area contributed by atoms with Crippen molar-refractivity contribution in [3.05, 3.63) is 29.6 Å². The maximum atomic E-state index is 13.2. The SMILES string of the molecule is C/C(=N\S(C)=O)c1cc(N)ccc1F. The van der Waals surface area contributed by atoms with Crippen molar-refractivity contribution in [3.63, 3.8) is 0 Å². The number of rotatable bonds is 2. The molecule has 1 atom stereocenters. The van der Waals surface area contributed by atoms with Crippen LogP contribution in [0.4, 0.5) is 10.1 Å². The van der Waals surface area contributed by atoms with Gasteiger partial charge in [0.25, 0.3) is 0 Å². The summed E-state index contributed by atoms with van der Waals surface area (Å²) in [6, 6.07) is 4.21. The molecule has 1 aromatic carbocycles. The summed E-state index contributed by atoms with van der Waals surface area (Å²) in [5, 5.41) is 0. The zero-order chi connectivity index (χ0) is 10.7. The van der Waals surface area contributed by atoms with Gasteiger partial charge in [-0.1, -0.05) is 0 Å². The normalized spacial score (nSPS) is 14.1. The first-order valence-electron chi connectivity index (χ1n) is 3.95. The average molecular weight is 214 g/mol. The number of halogens is 1. The summed E-state index contributed by atoms with van der Waals surface area (Å²) < 4.78 is 27.8. The Kier molecular flexibility index (Phi) is 3.35. The van der Waals surface area contributed by atoms with E-state index in [1.165, 1.54) is 24.5 Å². The molecule has 14 heavy (non-hydrogen) atoms. The van der Waals surface area contributed by atoms with Gasteiger partial charge >= 0.3 is 0 Å². The molecule has 1 aromatic rings. The average Bonchev–Trinajstić information content (AvgIpc) is 2.08. The number of benzene rings is 1. The molecule has 2 N–H and O–H groups in total. The fraction of sp³-hybridized carbons (Fsp3) is 0.222. The summed E-state index contributed by atoms with van der Waals surface area (Å²) in [5.41, 5.74) is 6.63. The third kappa shape index (κ3) is 2.63. The number of anilines is 1. The van der Waals surface area contributed by atoms with E-state index in [1.54, 1.807) is 6.92 Å². The first-order valence-corrected chi connectivity index (χ1v) is 5.46. The summed E-state index contributed by atoms with van der Waals surface area (Å²) in [5.74, 6) is -0.411. The molecule has 1 rings (SSSR count). The van der Waals surface area contributed by atoms with Gasteiger partial charge in [-0.3, -0.25) is 0 Å². The highest BCUT2D eigenvalue weighted by Crippen LogP contribution is 2.13. The molecule has 0 saturated carbocycles. The Morgan fingerprint density at radius 2 is 2.21 bits per heavy atom. The molecule has 0 aliphatic rings. The molecular formula is C9H11FN2OS. The van der Waals surface area contributed by atoms with Gasteiger partial charge in [0.2, 0.25) is 0 Å². The van der Waals surface area contributed by atoms with Gasteiger partial charge in [0.05, 0.1) is 5.71 Å². The Balaban J connectivity index is 3.18. The molecule has 3 nitrogen and oxygen atoms in total. The zero-order valence-corrected chi connectivity index (χ0v) is 8.77. The van der Waals surface area contributed by atoms with Gasteiger partial charge in [-0.05, 0) is 25.1 Å². The van der Waals surface area contributed by atoms with Gasteiger partial charge in [0, 0.05) is 17.5 Å². The van der Waals surface area contributed by atoms with Crippen molar-refractivity contribution in [1.29, 1.82) is 0 Å². The first-order chi connectivity index (χ1) is 6.50. The Labute approximate surface area is 84.4 Å². The fourth-order valence-electron chi connectivity index (χ4n) is 1.06. The van der Waals surface area contributed by atoms with Gasteiger partial charge in [0.1, 0.15) is 16.8 Å². The van der Waals surface area contributed by atoms with Crippen LogP contribution in [0.25, 0.3) is 0 Å². The van der Waals surface area contributed by atoms with Gasteiger partial charge < -0.3 is 5.73 Å². The predicted molar refractivity (Wildman–Crippen MR) is 57.1 cm³/mol. The highest BCUT2D eigenvalue weighted by molar-refractivity contribution is 7.83. The van der Waals surface area contributed by atoms with Crippen LogP contribution in [0.2, 0.25) is 0 Å². The molecule has 0 fully saturated rings. The molecule has 0 aliphatic carbocycles. The molecule has 76 valence electrons. The van der Waals surface area contributed by atoms with Gasteiger partial charge in [-0.15, -0.1) is 0 Å². The molecule has 0 bridgehead atoms. The van der Waals surface area contributed by atoms with E-state index in [1.807, 2.05) is 0 Å². The minimum Gasteiger partial charge on any atom is -0.399 e. The third-order valence-corrected chi connectivity index (χ3v) is 2.18. The number of nitrogens with two attached hydrogens (primary N) is 1. The van der Waals surface area contributed by atoms with Crippen molar-refractivity contribution in [2.24, 2.45) is 4.40 Å². The molecule has 5 heteroatoms. The van der Waals surface area contributed by atoms with Crippen molar-refractivity contribution in [1.82, 2.24) is 0 Å². The van der Waals surface area contributed by atoms with E-state index in [4.69, 9.17) is 5.73 Å². The summed E-state index contributed by atoms with van der Waals surface area (Å²) in [4.78, 5) is 0. The van der Waals surface area contributed by atoms with Crippen LogP contribution in [0.5, 0.6) is 0 Å². The molecule has 1 unspecified atom stereocenters. The third-order valence-electron chi connectivity index (χ3n) is 1.65. The minimum absolute atomic E-state index is 0.292. The number of nitrogen functional groups attached to an aromatic ring is 1. The lowest BCUT2D eigenvalue weighted by atomic mass is 10.1. The molecule has 0 heterocycles. The number of hydrogen-bond donors (Lipinski definition) is 1. The van der Waals surface area contributed by atoms with E-state index < -0.39 is 16.8 Å². The van der Waals surface area contributed by atoms with Gasteiger partial charge in [-0.2, -0.15) is 4.40 Å². The lowest BCUT2D eigenvalue weighted by Crippen LogP contribution is -2.01. The van der Waals surface area contributed by atoms with E-state index in [0.717, 1.165) is 0 Å². The standard InChI is InChI=1S/C9H11FN2OS/c1-6(12-14(2)13)8-5-7(11)3-4-9(8)10/h3-5H,11H2,1-2H3/b12-6+. The van der Waals surface area contributed by atoms with E-state index in [9.17, 15) is 8.60 Å². The minimum atomic E-state index is -1.33. The maximum Gasteiger partial charge on any atom is 0.136 e. The highest BCUT2D eigenvalue weighted by Gasteiger charge is 2.06. The van der Waals surface area contributed by atoms with E-state index >= 15 is 0 Å². The fourth-order valence-corrected chi connectivity index (χ4v) is 1.55. The smallest absolute Gasteiger partial charge is 0.136 e. The lowest BCUT2D eigenvalue weighted by Gasteiger charge is -2.02. The van der Waals surface area contributed by atoms with E-state index in [0.29, 0.717) is 17.0 Å². The van der Waals surface area contributed by atoms with Gasteiger partial charge in [-0.25, -0.2) is 8.60 Å². The molecule has 0 aromatic heterocycles. The number of nitrogens with zero attached hydrogens (tertiary/aromatic N) is 1. The quantitative estimate of drug-likeness (QED) is 0.599. The van der Waals surface area contributed by atoms with Crippen molar-refractivity contribution in [3.8, 4) is 0 Å². The lowest BCUT2D eigenvalue weighted by molar-refractivity contribution is 0.625. The highest BCUT2D eigenvalue weighted by atomic mass is 32.2. The van der Waals surface area contributed by atoms with Crippen LogP contribution in [0.3, 0.4) is 0 Å². The van der Waals surface area contributed by atoms with Crippen molar-refractivity contribution < 1.29 is 8.60 Å². The molecule has 0 aliphatic heterocycles. The second kappa shape index (κ2) is 4.32. The summed E-state index contributed by atoms with van der Waals surface area (Å²) >= 11 is 0. The van der Waals surface area contributed by atoms with E-state index in [-0.39, 0.29) is 0 Å². The largest absolute Gasteiger partial charge is 0.399 e. The Bertz CT molecular complexity index is 404. The second-order valence-corrected chi connectivity index (χ2v) is 3.87. The van der Waals surface area contributed by atoms with Crippen molar-refractivity contribution in [2.45, 2.75) is 6.92 Å². The van der Waals surface area contributed by atoms with Crippen LogP contribution in [0.15, 0.2) is 22.6 Å².